The molecule has 3 aromatic rings. The molecule has 0 bridgehead atoms. The van der Waals surface area contributed by atoms with E-state index in [0.717, 1.165) is 41.9 Å². The predicted molar refractivity (Wildman–Crippen MR) is 108 cm³/mol. The minimum atomic E-state index is -0.412. The summed E-state index contributed by atoms with van der Waals surface area (Å²) in [6, 6.07) is 12.6. The monoisotopic (exact) mass is 380 g/mol. The summed E-state index contributed by atoms with van der Waals surface area (Å²) >= 11 is 6.03. The van der Waals surface area contributed by atoms with Crippen LogP contribution in [0.5, 0.6) is 0 Å². The molecular weight excluding hydrogens is 356 g/mol. The number of nitrogens with zero attached hydrogens (tertiary/aromatic N) is 2. The van der Waals surface area contributed by atoms with Gasteiger partial charge in [0.05, 0.1) is 29.8 Å². The van der Waals surface area contributed by atoms with Gasteiger partial charge in [0.2, 0.25) is 0 Å². The van der Waals surface area contributed by atoms with Crippen LogP contribution in [-0.4, -0.2) is 14.5 Å². The number of aliphatic hydroxyl groups excluding tert-OH is 1. The summed E-state index contributed by atoms with van der Waals surface area (Å²) in [5, 5.41) is 12.1. The summed E-state index contributed by atoms with van der Waals surface area (Å²) in [6.07, 6.45) is 10.2. The lowest BCUT2D eigenvalue weighted by Gasteiger charge is -2.33. The molecule has 0 aliphatic heterocycles. The third-order valence-electron chi connectivity index (χ3n) is 6.51. The van der Waals surface area contributed by atoms with Gasteiger partial charge in [0.15, 0.2) is 0 Å². The van der Waals surface area contributed by atoms with Gasteiger partial charge in [-0.15, -0.1) is 0 Å². The fourth-order valence-corrected chi connectivity index (χ4v) is 4.93. The van der Waals surface area contributed by atoms with E-state index in [1.54, 1.807) is 0 Å². The minimum absolute atomic E-state index is 0.319. The zero-order valence-corrected chi connectivity index (χ0v) is 16.1. The number of fused-ring (bicyclic) bond motifs is 1. The fourth-order valence-electron chi connectivity index (χ4n) is 4.81. The van der Waals surface area contributed by atoms with Crippen molar-refractivity contribution in [1.29, 1.82) is 0 Å². The molecule has 140 valence electrons. The number of pyridine rings is 1. The van der Waals surface area contributed by atoms with E-state index in [0.29, 0.717) is 17.8 Å². The first kappa shape index (κ1) is 17.3. The third-order valence-corrected chi connectivity index (χ3v) is 6.77. The number of benzene rings is 1. The molecule has 2 saturated carbocycles. The maximum Gasteiger partial charge on any atom is 0.0995 e. The summed E-state index contributed by atoms with van der Waals surface area (Å²) in [6.45, 7) is 0. The van der Waals surface area contributed by atoms with Crippen molar-refractivity contribution in [1.82, 2.24) is 9.38 Å². The van der Waals surface area contributed by atoms with Gasteiger partial charge < -0.3 is 9.51 Å². The van der Waals surface area contributed by atoms with E-state index in [9.17, 15) is 5.11 Å². The molecular formula is C23H25ClN2O. The molecule has 0 radical (unpaired) electrons. The molecule has 3 nitrogen and oxygen atoms in total. The number of hydrogen-bond acceptors (Lipinski definition) is 2. The van der Waals surface area contributed by atoms with E-state index in [-0.39, 0.29) is 0 Å². The number of imidazole rings is 1. The van der Waals surface area contributed by atoms with Crippen LogP contribution in [0.2, 0.25) is 5.02 Å². The zero-order valence-electron chi connectivity index (χ0n) is 15.4. The van der Waals surface area contributed by atoms with Crippen molar-refractivity contribution >= 4 is 17.1 Å². The van der Waals surface area contributed by atoms with E-state index >= 15 is 0 Å². The Morgan fingerprint density at radius 3 is 2.33 bits per heavy atom. The van der Waals surface area contributed by atoms with Gasteiger partial charge in [0.25, 0.3) is 0 Å². The normalized spacial score (nSPS) is 24.2. The number of aromatic nitrogens is 2. The average molecular weight is 381 g/mol. The van der Waals surface area contributed by atoms with Gasteiger partial charge in [-0.3, -0.25) is 0 Å². The van der Waals surface area contributed by atoms with Gasteiger partial charge in [0, 0.05) is 5.02 Å². The first-order chi connectivity index (χ1) is 13.2. The summed E-state index contributed by atoms with van der Waals surface area (Å²) in [7, 11) is 0. The van der Waals surface area contributed by atoms with Crippen LogP contribution in [0.25, 0.3) is 5.52 Å². The molecule has 0 unspecified atom stereocenters. The average Bonchev–Trinajstić information content (AvgIpc) is 3.44. The van der Waals surface area contributed by atoms with E-state index in [1.165, 1.54) is 24.0 Å². The maximum absolute atomic E-state index is 11.3. The van der Waals surface area contributed by atoms with Crippen LogP contribution < -0.4 is 0 Å². The van der Waals surface area contributed by atoms with Crippen molar-refractivity contribution in [2.75, 3.05) is 0 Å². The van der Waals surface area contributed by atoms with Gasteiger partial charge in [-0.2, -0.15) is 0 Å². The SMILES string of the molecule is O[C@H](c1c(C2CC2)ccc2cncn12)[C@H]1CC[C@@H](c2ccc(Cl)cc2)CC1. The van der Waals surface area contributed by atoms with Crippen molar-refractivity contribution in [2.45, 2.75) is 56.5 Å². The van der Waals surface area contributed by atoms with E-state index in [1.807, 2.05) is 24.7 Å². The number of halogens is 1. The Morgan fingerprint density at radius 1 is 0.926 bits per heavy atom. The van der Waals surface area contributed by atoms with Crippen LogP contribution in [0, 0.1) is 5.92 Å². The largest absolute Gasteiger partial charge is 0.387 e. The number of aliphatic hydroxyl groups is 1. The molecule has 2 fully saturated rings. The molecule has 1 N–H and O–H groups in total. The highest BCUT2D eigenvalue weighted by Crippen LogP contribution is 2.47. The third kappa shape index (κ3) is 3.28. The Balaban J connectivity index is 1.37. The minimum Gasteiger partial charge on any atom is -0.387 e. The molecule has 5 rings (SSSR count). The highest BCUT2D eigenvalue weighted by Gasteiger charge is 2.34. The van der Waals surface area contributed by atoms with E-state index in [4.69, 9.17) is 11.6 Å². The van der Waals surface area contributed by atoms with Gasteiger partial charge in [0.1, 0.15) is 0 Å². The lowest BCUT2D eigenvalue weighted by molar-refractivity contribution is 0.0754. The Hall–Kier alpha value is -1.84. The molecule has 1 atom stereocenters. The molecule has 0 amide bonds. The zero-order chi connectivity index (χ0) is 18.4. The second-order valence-corrected chi connectivity index (χ2v) is 8.68. The number of rotatable bonds is 4. The van der Waals surface area contributed by atoms with Crippen molar-refractivity contribution in [3.8, 4) is 0 Å². The highest BCUT2D eigenvalue weighted by atomic mass is 35.5. The van der Waals surface area contributed by atoms with Gasteiger partial charge in [-0.1, -0.05) is 29.8 Å². The topological polar surface area (TPSA) is 37.5 Å². The standard InChI is InChI=1S/C23H25ClN2O/c24-19-9-7-16(8-10-19)15-1-5-18(6-2-15)23(27)22-21(17-3-4-17)12-11-20-13-25-14-26(20)22/h7-15,17-18,23,27H,1-6H2/t15-,18+,23-/m0/s1. The smallest absolute Gasteiger partial charge is 0.0995 e. The molecule has 2 heterocycles. The molecule has 2 aliphatic carbocycles. The van der Waals surface area contributed by atoms with Gasteiger partial charge >= 0.3 is 0 Å². The predicted octanol–water partition coefficient (Wildman–Crippen LogP) is 5.87. The lowest BCUT2D eigenvalue weighted by Crippen LogP contribution is -2.22. The van der Waals surface area contributed by atoms with Crippen LogP contribution in [0.1, 0.15) is 73.3 Å². The highest BCUT2D eigenvalue weighted by molar-refractivity contribution is 6.30. The molecule has 1 aromatic carbocycles. The van der Waals surface area contributed by atoms with Gasteiger partial charge in [-0.25, -0.2) is 4.98 Å². The van der Waals surface area contributed by atoms with E-state index < -0.39 is 6.10 Å². The Kier molecular flexibility index (Phi) is 4.45. The number of hydrogen-bond donors (Lipinski definition) is 1. The summed E-state index contributed by atoms with van der Waals surface area (Å²) in [5.74, 6) is 1.52. The first-order valence-corrected chi connectivity index (χ1v) is 10.5. The van der Waals surface area contributed by atoms with Crippen LogP contribution in [-0.2, 0) is 0 Å². The van der Waals surface area contributed by atoms with Crippen LogP contribution in [0.3, 0.4) is 0 Å². The molecule has 4 heteroatoms. The molecule has 2 aromatic heterocycles. The Bertz CT molecular complexity index is 937. The quantitative estimate of drug-likeness (QED) is 0.614. The van der Waals surface area contributed by atoms with Crippen molar-refractivity contribution in [2.24, 2.45) is 5.92 Å². The fraction of sp³-hybridized carbons (Fsp3) is 0.435. The molecule has 0 spiro atoms. The van der Waals surface area contributed by atoms with Crippen LogP contribution in [0.4, 0.5) is 0 Å². The Morgan fingerprint density at radius 2 is 1.63 bits per heavy atom. The summed E-state index contributed by atoms with van der Waals surface area (Å²) < 4.78 is 2.11. The van der Waals surface area contributed by atoms with Crippen molar-refractivity contribution in [3.63, 3.8) is 0 Å². The molecule has 2 aliphatic rings. The first-order valence-electron chi connectivity index (χ1n) is 10.1. The van der Waals surface area contributed by atoms with Crippen molar-refractivity contribution in [3.05, 3.63) is 70.8 Å². The van der Waals surface area contributed by atoms with Crippen LogP contribution >= 0.6 is 11.6 Å². The second-order valence-electron chi connectivity index (χ2n) is 8.24. The summed E-state index contributed by atoms with van der Waals surface area (Å²) in [4.78, 5) is 4.31. The maximum atomic E-state index is 11.3. The van der Waals surface area contributed by atoms with Gasteiger partial charge in [-0.05, 0) is 85.6 Å². The second kappa shape index (κ2) is 6.96. The summed E-state index contributed by atoms with van der Waals surface area (Å²) in [5.41, 5.74) is 4.86. The van der Waals surface area contributed by atoms with Crippen LogP contribution in [0.15, 0.2) is 48.9 Å². The lowest BCUT2D eigenvalue weighted by atomic mass is 9.75. The molecule has 27 heavy (non-hydrogen) atoms. The molecule has 0 saturated heterocycles. The van der Waals surface area contributed by atoms with Crippen molar-refractivity contribution < 1.29 is 5.11 Å². The Labute approximate surface area is 165 Å². The van der Waals surface area contributed by atoms with E-state index in [2.05, 4.69) is 33.7 Å².